The Morgan fingerprint density at radius 2 is 1.72 bits per heavy atom. The quantitative estimate of drug-likeness (QED) is 0.174. The van der Waals surface area contributed by atoms with E-state index in [4.69, 9.17) is 14.2 Å². The van der Waals surface area contributed by atoms with Crippen molar-refractivity contribution in [1.82, 2.24) is 4.57 Å². The van der Waals surface area contributed by atoms with Crippen LogP contribution in [0, 0.1) is 6.92 Å². The molecule has 0 saturated heterocycles. The molecule has 222 valence electrons. The van der Waals surface area contributed by atoms with E-state index in [2.05, 4.69) is 44.0 Å². The first-order valence-electron chi connectivity index (χ1n) is 14.5. The van der Waals surface area contributed by atoms with Crippen LogP contribution in [0.4, 0.5) is 0 Å². The number of benzene rings is 3. The maximum absolute atomic E-state index is 13.7. The van der Waals surface area contributed by atoms with Crippen molar-refractivity contribution < 1.29 is 19.0 Å². The Morgan fingerprint density at radius 1 is 1.00 bits per heavy atom. The molecule has 0 aliphatic carbocycles. The summed E-state index contributed by atoms with van der Waals surface area (Å²) in [6.45, 7) is 11.0. The van der Waals surface area contributed by atoms with Crippen LogP contribution in [0.25, 0.3) is 6.08 Å². The molecular formula is C35H36N2O5S. The van der Waals surface area contributed by atoms with Gasteiger partial charge in [0.2, 0.25) is 0 Å². The van der Waals surface area contributed by atoms with Crippen molar-refractivity contribution in [3.8, 4) is 11.5 Å². The minimum absolute atomic E-state index is 0.207. The van der Waals surface area contributed by atoms with E-state index in [1.54, 1.807) is 18.4 Å². The normalized spacial score (nSPS) is 14.8. The molecule has 4 aromatic rings. The van der Waals surface area contributed by atoms with Crippen LogP contribution in [0.3, 0.4) is 0 Å². The molecule has 0 fully saturated rings. The standard InChI is InChI=1S/C35H36N2O5S/c1-6-40-34(39)31-24(5)36-35-37(32(31)26-10-8-7-9-11-26)33(38)30(43-35)21-25-13-15-27(16-14-25)41-18-19-42-29-20-23(4)12-17-28(29)22(2)3/h7-17,20-22,32H,6,18-19H2,1-5H3/b30-21+/t32-/m1/s1. The summed E-state index contributed by atoms with van der Waals surface area (Å²) in [6.07, 6.45) is 1.84. The molecule has 1 aliphatic heterocycles. The number of nitrogens with zero attached hydrogens (tertiary/aromatic N) is 2. The third kappa shape index (κ3) is 6.65. The zero-order chi connectivity index (χ0) is 30.5. The van der Waals surface area contributed by atoms with Crippen LogP contribution in [0.2, 0.25) is 0 Å². The number of carbonyl (C=O) groups is 1. The van der Waals surface area contributed by atoms with E-state index in [1.165, 1.54) is 16.9 Å². The van der Waals surface area contributed by atoms with Gasteiger partial charge >= 0.3 is 5.97 Å². The molecule has 1 aromatic heterocycles. The van der Waals surface area contributed by atoms with Gasteiger partial charge in [0.15, 0.2) is 4.80 Å². The average Bonchev–Trinajstić information content (AvgIpc) is 3.29. The summed E-state index contributed by atoms with van der Waals surface area (Å²) in [5.41, 5.74) is 4.74. The third-order valence-electron chi connectivity index (χ3n) is 7.21. The lowest BCUT2D eigenvalue weighted by atomic mass is 9.96. The van der Waals surface area contributed by atoms with Crippen LogP contribution < -0.4 is 24.4 Å². The van der Waals surface area contributed by atoms with E-state index in [0.717, 1.165) is 22.4 Å². The van der Waals surface area contributed by atoms with E-state index in [-0.39, 0.29) is 12.2 Å². The lowest BCUT2D eigenvalue weighted by molar-refractivity contribution is -0.139. The Balaban J connectivity index is 1.34. The van der Waals surface area contributed by atoms with Gasteiger partial charge in [-0.15, -0.1) is 0 Å². The van der Waals surface area contributed by atoms with Crippen molar-refractivity contribution in [2.45, 2.75) is 46.6 Å². The van der Waals surface area contributed by atoms with Crippen LogP contribution >= 0.6 is 11.3 Å². The number of ether oxygens (including phenoxy) is 3. The highest BCUT2D eigenvalue weighted by molar-refractivity contribution is 7.07. The third-order valence-corrected chi connectivity index (χ3v) is 8.19. The number of fused-ring (bicyclic) bond motifs is 1. The minimum Gasteiger partial charge on any atom is -0.490 e. The summed E-state index contributed by atoms with van der Waals surface area (Å²) in [7, 11) is 0. The highest BCUT2D eigenvalue weighted by Gasteiger charge is 2.33. The second kappa shape index (κ2) is 13.3. The number of hydrogen-bond donors (Lipinski definition) is 0. The fourth-order valence-corrected chi connectivity index (χ4v) is 6.16. The zero-order valence-electron chi connectivity index (χ0n) is 25.1. The van der Waals surface area contributed by atoms with Gasteiger partial charge in [0.1, 0.15) is 24.7 Å². The molecule has 8 heteroatoms. The van der Waals surface area contributed by atoms with Crippen LogP contribution in [-0.2, 0) is 9.53 Å². The van der Waals surface area contributed by atoms with Crippen molar-refractivity contribution in [2.24, 2.45) is 4.99 Å². The Morgan fingerprint density at radius 3 is 2.42 bits per heavy atom. The molecule has 3 aromatic carbocycles. The number of hydrogen-bond acceptors (Lipinski definition) is 7. The topological polar surface area (TPSA) is 79.1 Å². The number of carbonyl (C=O) groups excluding carboxylic acids is 1. The predicted molar refractivity (Wildman–Crippen MR) is 170 cm³/mol. The molecule has 0 bridgehead atoms. The van der Waals surface area contributed by atoms with Crippen LogP contribution in [-0.4, -0.2) is 30.4 Å². The average molecular weight is 597 g/mol. The van der Waals surface area contributed by atoms with Crippen molar-refractivity contribution in [1.29, 1.82) is 0 Å². The van der Waals surface area contributed by atoms with Gasteiger partial charge in [0, 0.05) is 0 Å². The van der Waals surface area contributed by atoms with Gasteiger partial charge in [-0.25, -0.2) is 9.79 Å². The van der Waals surface area contributed by atoms with Gasteiger partial charge in [-0.2, -0.15) is 0 Å². The van der Waals surface area contributed by atoms with Crippen LogP contribution in [0.15, 0.2) is 93.9 Å². The first-order valence-corrected chi connectivity index (χ1v) is 15.3. The summed E-state index contributed by atoms with van der Waals surface area (Å²) in [6, 6.07) is 22.8. The van der Waals surface area contributed by atoms with E-state index in [1.807, 2.05) is 60.7 Å². The van der Waals surface area contributed by atoms with E-state index in [0.29, 0.717) is 45.5 Å². The number of aromatic nitrogens is 1. The fraction of sp³-hybridized carbons (Fsp3) is 0.286. The molecule has 2 heterocycles. The highest BCUT2D eigenvalue weighted by atomic mass is 32.1. The summed E-state index contributed by atoms with van der Waals surface area (Å²) in [5.74, 6) is 1.52. The number of allylic oxidation sites excluding steroid dienone is 1. The summed E-state index contributed by atoms with van der Waals surface area (Å²) >= 11 is 1.30. The van der Waals surface area contributed by atoms with Crippen molar-refractivity contribution in [3.63, 3.8) is 0 Å². The number of aryl methyl sites for hydroxylation is 1. The molecule has 0 radical (unpaired) electrons. The van der Waals surface area contributed by atoms with E-state index >= 15 is 0 Å². The number of esters is 1. The summed E-state index contributed by atoms with van der Waals surface area (Å²) in [5, 5.41) is 0. The maximum Gasteiger partial charge on any atom is 0.338 e. The van der Waals surface area contributed by atoms with Gasteiger partial charge < -0.3 is 14.2 Å². The van der Waals surface area contributed by atoms with Gasteiger partial charge in [0.05, 0.1) is 28.5 Å². The van der Waals surface area contributed by atoms with Gasteiger partial charge in [-0.3, -0.25) is 9.36 Å². The molecule has 5 rings (SSSR count). The second-order valence-electron chi connectivity index (χ2n) is 10.7. The Hall–Kier alpha value is -4.43. The lowest BCUT2D eigenvalue weighted by Gasteiger charge is -2.24. The van der Waals surface area contributed by atoms with Crippen molar-refractivity contribution in [3.05, 3.63) is 126 Å². The van der Waals surface area contributed by atoms with Crippen LogP contribution in [0.1, 0.15) is 61.9 Å². The summed E-state index contributed by atoms with van der Waals surface area (Å²) in [4.78, 5) is 31.9. The number of thiazole rings is 1. The molecule has 0 unspecified atom stereocenters. The van der Waals surface area contributed by atoms with E-state index in [9.17, 15) is 9.59 Å². The molecule has 7 nitrogen and oxygen atoms in total. The lowest BCUT2D eigenvalue weighted by Crippen LogP contribution is -2.39. The molecule has 1 atom stereocenters. The molecule has 0 amide bonds. The monoisotopic (exact) mass is 596 g/mol. The SMILES string of the molecule is CCOC(=O)C1=C(C)N=c2s/c(=C/c3ccc(OCCOc4cc(C)ccc4C(C)C)cc3)c(=O)n2[C@@H]1c1ccccc1. The van der Waals surface area contributed by atoms with E-state index < -0.39 is 12.0 Å². The largest absolute Gasteiger partial charge is 0.490 e. The van der Waals surface area contributed by atoms with Gasteiger partial charge in [0.25, 0.3) is 5.56 Å². The zero-order valence-corrected chi connectivity index (χ0v) is 25.9. The summed E-state index contributed by atoms with van der Waals surface area (Å²) < 4.78 is 19.4. The van der Waals surface area contributed by atoms with Gasteiger partial charge in [-0.05, 0) is 73.2 Å². The smallest absolute Gasteiger partial charge is 0.338 e. The first kappa shape index (κ1) is 30.0. The molecular weight excluding hydrogens is 560 g/mol. The second-order valence-corrected chi connectivity index (χ2v) is 11.7. The fourth-order valence-electron chi connectivity index (χ4n) is 5.11. The predicted octanol–water partition coefficient (Wildman–Crippen LogP) is 5.69. The Bertz CT molecular complexity index is 1820. The number of rotatable bonds is 10. The van der Waals surface area contributed by atoms with Crippen molar-refractivity contribution >= 4 is 23.4 Å². The highest BCUT2D eigenvalue weighted by Crippen LogP contribution is 2.31. The van der Waals surface area contributed by atoms with Gasteiger partial charge in [-0.1, -0.05) is 79.8 Å². The Kier molecular flexibility index (Phi) is 9.26. The Labute approximate surface area is 255 Å². The molecule has 0 spiro atoms. The maximum atomic E-state index is 13.7. The minimum atomic E-state index is -0.618. The van der Waals surface area contributed by atoms with Crippen molar-refractivity contribution in [2.75, 3.05) is 19.8 Å². The first-order chi connectivity index (χ1) is 20.8. The molecule has 43 heavy (non-hydrogen) atoms. The molecule has 0 saturated carbocycles. The molecule has 1 aliphatic rings. The van der Waals surface area contributed by atoms with Crippen LogP contribution in [0.5, 0.6) is 11.5 Å². The molecule has 0 N–H and O–H groups in total.